The Kier molecular flexibility index (Phi) is 7.28. The average molecular weight is 538 g/mol. The van der Waals surface area contributed by atoms with Crippen LogP contribution in [0.5, 0.6) is 0 Å². The third-order valence-corrected chi connectivity index (χ3v) is 6.67. The van der Waals surface area contributed by atoms with E-state index in [0.29, 0.717) is 60.2 Å². The average Bonchev–Trinajstić information content (AvgIpc) is 3.21. The summed E-state index contributed by atoms with van der Waals surface area (Å²) >= 11 is 7.09. The third-order valence-electron chi connectivity index (χ3n) is 5.39. The van der Waals surface area contributed by atoms with Crippen molar-refractivity contribution < 1.29 is 35.9 Å². The molecule has 1 aliphatic rings. The van der Waals surface area contributed by atoms with Crippen molar-refractivity contribution in [1.29, 1.82) is 0 Å². The Balaban J connectivity index is 1.74. The van der Waals surface area contributed by atoms with Crippen LogP contribution in [-0.4, -0.2) is 55.2 Å². The van der Waals surface area contributed by atoms with Crippen molar-refractivity contribution in [3.05, 3.63) is 58.1 Å². The van der Waals surface area contributed by atoms with Gasteiger partial charge in [-0.05, 0) is 36.4 Å². The molecule has 1 aromatic heterocycles. The summed E-state index contributed by atoms with van der Waals surface area (Å²) in [7, 11) is 0. The lowest BCUT2D eigenvalue weighted by atomic mass is 10.0. The molecule has 2 heterocycles. The number of carbonyl (C=O) groups excluding carboxylic acids is 1. The van der Waals surface area contributed by atoms with Crippen LogP contribution in [0.3, 0.4) is 0 Å². The fourth-order valence-corrected chi connectivity index (χ4v) is 4.85. The highest BCUT2D eigenvalue weighted by atomic mass is 35.5. The highest BCUT2D eigenvalue weighted by Gasteiger charge is 2.38. The van der Waals surface area contributed by atoms with Gasteiger partial charge < -0.3 is 4.74 Å². The van der Waals surface area contributed by atoms with Crippen molar-refractivity contribution in [1.82, 2.24) is 9.88 Å². The summed E-state index contributed by atoms with van der Waals surface area (Å²) in [5.41, 5.74) is -3.34. The lowest BCUT2D eigenvalue weighted by molar-refractivity contribution is -0.143. The Morgan fingerprint density at radius 1 is 1.03 bits per heavy atom. The van der Waals surface area contributed by atoms with E-state index >= 15 is 0 Å². The first-order valence-corrected chi connectivity index (χ1v) is 11.6. The number of alkyl halides is 6. The minimum absolute atomic E-state index is 0.00395. The standard InChI is InChI=1S/C22H18ClF6N3O2S/c23-16-1-2-17-18(12-16)35-20(30-17)32(4-3-31-5-7-34-8-6-31)19(33)13-9-14(21(24,25)26)11-15(10-13)22(27,28)29/h1-2,9-12H,3-8H2. The Hall–Kier alpha value is -2.41. The maximum atomic E-state index is 13.4. The molecule has 0 saturated carbocycles. The van der Waals surface area contributed by atoms with E-state index in [1.54, 1.807) is 18.2 Å². The molecule has 0 bridgehead atoms. The van der Waals surface area contributed by atoms with Crippen molar-refractivity contribution in [2.45, 2.75) is 12.4 Å². The summed E-state index contributed by atoms with van der Waals surface area (Å²) in [5, 5.41) is 0.568. The molecular formula is C22H18ClF6N3O2S. The minimum Gasteiger partial charge on any atom is -0.379 e. The van der Waals surface area contributed by atoms with Crippen LogP contribution in [0, 0.1) is 0 Å². The number of hydrogen-bond donors (Lipinski definition) is 0. The van der Waals surface area contributed by atoms with Gasteiger partial charge in [0.05, 0.1) is 34.6 Å². The number of fused-ring (bicyclic) bond motifs is 1. The van der Waals surface area contributed by atoms with Crippen molar-refractivity contribution in [2.24, 2.45) is 0 Å². The van der Waals surface area contributed by atoms with E-state index in [0.717, 1.165) is 16.2 Å². The summed E-state index contributed by atoms with van der Waals surface area (Å²) < 4.78 is 86.1. The zero-order valence-corrected chi connectivity index (χ0v) is 19.5. The fourth-order valence-electron chi connectivity index (χ4n) is 3.59. The first kappa shape index (κ1) is 25.7. The first-order valence-electron chi connectivity index (χ1n) is 10.4. The molecule has 0 spiro atoms. The van der Waals surface area contributed by atoms with Crippen LogP contribution in [-0.2, 0) is 17.1 Å². The number of aromatic nitrogens is 1. The monoisotopic (exact) mass is 537 g/mol. The third kappa shape index (κ3) is 6.05. The molecule has 13 heteroatoms. The van der Waals surface area contributed by atoms with Crippen LogP contribution in [0.1, 0.15) is 21.5 Å². The number of thiazole rings is 1. The van der Waals surface area contributed by atoms with Crippen LogP contribution >= 0.6 is 22.9 Å². The van der Waals surface area contributed by atoms with Gasteiger partial charge >= 0.3 is 12.4 Å². The van der Waals surface area contributed by atoms with Gasteiger partial charge in [-0.15, -0.1) is 0 Å². The maximum Gasteiger partial charge on any atom is 0.416 e. The van der Waals surface area contributed by atoms with E-state index in [1.807, 2.05) is 4.90 Å². The van der Waals surface area contributed by atoms with Gasteiger partial charge in [0, 0.05) is 36.8 Å². The molecule has 3 aromatic rings. The second-order valence-corrected chi connectivity index (χ2v) is 9.26. The van der Waals surface area contributed by atoms with E-state index < -0.39 is 35.0 Å². The number of carbonyl (C=O) groups is 1. The number of benzene rings is 2. The summed E-state index contributed by atoms with van der Waals surface area (Å²) in [6.07, 6.45) is -10.1. The van der Waals surface area contributed by atoms with Crippen LogP contribution in [0.25, 0.3) is 10.2 Å². The number of ether oxygens (including phenoxy) is 1. The zero-order chi connectivity index (χ0) is 25.4. The Labute approximate surface area is 204 Å². The van der Waals surface area contributed by atoms with Crippen molar-refractivity contribution in [2.75, 3.05) is 44.3 Å². The Morgan fingerprint density at radius 2 is 1.66 bits per heavy atom. The molecule has 35 heavy (non-hydrogen) atoms. The highest BCUT2D eigenvalue weighted by molar-refractivity contribution is 7.22. The van der Waals surface area contributed by atoms with Gasteiger partial charge in [-0.3, -0.25) is 14.6 Å². The summed E-state index contributed by atoms with van der Waals surface area (Å²) in [6.45, 7) is 2.46. The van der Waals surface area contributed by atoms with Gasteiger partial charge in [-0.25, -0.2) is 4.98 Å². The van der Waals surface area contributed by atoms with Crippen LogP contribution in [0.4, 0.5) is 31.5 Å². The molecule has 0 N–H and O–H groups in total. The van der Waals surface area contributed by atoms with Crippen molar-refractivity contribution >= 4 is 44.2 Å². The highest BCUT2D eigenvalue weighted by Crippen LogP contribution is 2.37. The zero-order valence-electron chi connectivity index (χ0n) is 17.9. The van der Waals surface area contributed by atoms with Gasteiger partial charge in [0.2, 0.25) is 0 Å². The van der Waals surface area contributed by atoms with Gasteiger partial charge in [0.1, 0.15) is 0 Å². The molecule has 1 fully saturated rings. The lowest BCUT2D eigenvalue weighted by Crippen LogP contribution is -2.43. The second-order valence-electron chi connectivity index (χ2n) is 7.81. The predicted octanol–water partition coefficient (Wildman–Crippen LogP) is 5.97. The van der Waals surface area contributed by atoms with Gasteiger partial charge in [-0.2, -0.15) is 26.3 Å². The molecule has 0 unspecified atom stereocenters. The van der Waals surface area contributed by atoms with E-state index in [9.17, 15) is 31.1 Å². The number of hydrogen-bond acceptors (Lipinski definition) is 5. The fraction of sp³-hybridized carbons (Fsp3) is 0.364. The molecule has 1 saturated heterocycles. The van der Waals surface area contributed by atoms with Crippen LogP contribution in [0.2, 0.25) is 5.02 Å². The van der Waals surface area contributed by atoms with Gasteiger partial charge in [-0.1, -0.05) is 22.9 Å². The molecule has 0 atom stereocenters. The number of halogens is 7. The molecule has 1 amide bonds. The van der Waals surface area contributed by atoms with Gasteiger partial charge in [0.15, 0.2) is 5.13 Å². The normalized spacial score (nSPS) is 15.5. The Morgan fingerprint density at radius 3 is 2.26 bits per heavy atom. The van der Waals surface area contributed by atoms with Crippen molar-refractivity contribution in [3.63, 3.8) is 0 Å². The Bertz CT molecular complexity index is 1190. The number of morpholine rings is 1. The molecular weight excluding hydrogens is 520 g/mol. The van der Waals surface area contributed by atoms with E-state index in [-0.39, 0.29) is 17.7 Å². The maximum absolute atomic E-state index is 13.4. The van der Waals surface area contributed by atoms with E-state index in [2.05, 4.69) is 4.98 Å². The van der Waals surface area contributed by atoms with E-state index in [1.165, 1.54) is 0 Å². The SMILES string of the molecule is O=C(c1cc(C(F)(F)F)cc(C(F)(F)F)c1)N(CCN1CCOCC1)c1nc2ccc(Cl)cc2s1. The molecule has 2 aromatic carbocycles. The number of anilines is 1. The number of amides is 1. The topological polar surface area (TPSA) is 45.7 Å². The predicted molar refractivity (Wildman–Crippen MR) is 120 cm³/mol. The van der Waals surface area contributed by atoms with Crippen molar-refractivity contribution in [3.8, 4) is 0 Å². The molecule has 0 aliphatic carbocycles. The largest absolute Gasteiger partial charge is 0.416 e. The van der Waals surface area contributed by atoms with Gasteiger partial charge in [0.25, 0.3) is 5.91 Å². The van der Waals surface area contributed by atoms with Crippen LogP contribution in [0.15, 0.2) is 36.4 Å². The second kappa shape index (κ2) is 9.92. The summed E-state index contributed by atoms with van der Waals surface area (Å²) in [4.78, 5) is 20.9. The summed E-state index contributed by atoms with van der Waals surface area (Å²) in [6, 6.07) is 5.69. The molecule has 0 radical (unpaired) electrons. The summed E-state index contributed by atoms with van der Waals surface area (Å²) in [5.74, 6) is -1.01. The quantitative estimate of drug-likeness (QED) is 0.376. The minimum atomic E-state index is -5.07. The molecule has 188 valence electrons. The molecule has 1 aliphatic heterocycles. The number of nitrogens with zero attached hydrogens (tertiary/aromatic N) is 3. The smallest absolute Gasteiger partial charge is 0.379 e. The number of rotatable bonds is 5. The lowest BCUT2D eigenvalue weighted by Gasteiger charge is -2.29. The van der Waals surface area contributed by atoms with Crippen LogP contribution < -0.4 is 4.90 Å². The molecule has 5 nitrogen and oxygen atoms in total. The first-order chi connectivity index (χ1) is 16.4. The molecule has 4 rings (SSSR count). The van der Waals surface area contributed by atoms with E-state index in [4.69, 9.17) is 16.3 Å².